The zero-order chi connectivity index (χ0) is 16.4. The first-order valence-corrected chi connectivity index (χ1v) is 6.95. The highest BCUT2D eigenvalue weighted by Gasteiger charge is 2.40. The van der Waals surface area contributed by atoms with Crippen molar-refractivity contribution in [2.24, 2.45) is 0 Å². The molecule has 1 heterocycles. The Bertz CT molecular complexity index is 401. The molecule has 0 unspecified atom stereocenters. The molecule has 1 aliphatic rings. The lowest BCUT2D eigenvalue weighted by molar-refractivity contribution is -0.166. The van der Waals surface area contributed by atoms with Crippen molar-refractivity contribution in [2.75, 3.05) is 13.7 Å². The second-order valence-corrected chi connectivity index (χ2v) is 6.14. The molecule has 0 aliphatic carbocycles. The van der Waals surface area contributed by atoms with Gasteiger partial charge in [0.05, 0.1) is 25.4 Å². The summed E-state index contributed by atoms with van der Waals surface area (Å²) < 4.78 is 21.5. The van der Waals surface area contributed by atoms with Crippen molar-refractivity contribution < 1.29 is 28.8 Å². The average Bonchev–Trinajstić information content (AvgIpc) is 2.75. The van der Waals surface area contributed by atoms with Crippen LogP contribution in [0, 0.1) is 0 Å². The Labute approximate surface area is 126 Å². The van der Waals surface area contributed by atoms with Crippen LogP contribution in [0.5, 0.6) is 0 Å². The fraction of sp³-hybridized carbons (Fsp3) is 0.800. The molecule has 0 radical (unpaired) electrons. The van der Waals surface area contributed by atoms with E-state index in [0.717, 1.165) is 0 Å². The van der Waals surface area contributed by atoms with Crippen LogP contribution in [0.1, 0.15) is 34.6 Å². The van der Waals surface area contributed by atoms with Gasteiger partial charge in [-0.2, -0.15) is 0 Å². The molecule has 6 nitrogen and oxygen atoms in total. The minimum atomic E-state index is -1.35. The second kappa shape index (κ2) is 6.44. The van der Waals surface area contributed by atoms with E-state index in [0.29, 0.717) is 12.2 Å². The number of aliphatic hydroxyl groups is 1. The number of esters is 1. The monoisotopic (exact) mass is 302 g/mol. The van der Waals surface area contributed by atoms with Gasteiger partial charge in [-0.1, -0.05) is 6.58 Å². The van der Waals surface area contributed by atoms with Gasteiger partial charge in [0.1, 0.15) is 6.10 Å². The lowest BCUT2D eigenvalue weighted by Gasteiger charge is -2.34. The van der Waals surface area contributed by atoms with Crippen LogP contribution in [-0.2, 0) is 23.7 Å². The van der Waals surface area contributed by atoms with Crippen LogP contribution in [0.2, 0.25) is 0 Å². The van der Waals surface area contributed by atoms with Crippen molar-refractivity contribution in [1.82, 2.24) is 0 Å². The number of ether oxygens (including phenoxy) is 4. The first kappa shape index (κ1) is 18.1. The Morgan fingerprint density at radius 2 is 2.05 bits per heavy atom. The quantitative estimate of drug-likeness (QED) is 0.591. The third-order valence-electron chi connectivity index (χ3n) is 3.54. The molecule has 1 N–H and O–H groups in total. The number of hydrogen-bond donors (Lipinski definition) is 1. The van der Waals surface area contributed by atoms with Crippen molar-refractivity contribution in [3.63, 3.8) is 0 Å². The largest absolute Gasteiger partial charge is 0.467 e. The van der Waals surface area contributed by atoms with Gasteiger partial charge in [0.15, 0.2) is 11.9 Å². The summed E-state index contributed by atoms with van der Waals surface area (Å²) in [4.78, 5) is 11.3. The maximum absolute atomic E-state index is 11.3. The zero-order valence-corrected chi connectivity index (χ0v) is 13.6. The van der Waals surface area contributed by atoms with Crippen molar-refractivity contribution >= 4 is 5.97 Å². The molecule has 122 valence electrons. The van der Waals surface area contributed by atoms with Gasteiger partial charge in [0.2, 0.25) is 0 Å². The van der Waals surface area contributed by atoms with E-state index in [1.54, 1.807) is 6.92 Å². The van der Waals surface area contributed by atoms with Gasteiger partial charge in [0, 0.05) is 0 Å². The van der Waals surface area contributed by atoms with Gasteiger partial charge in [-0.25, -0.2) is 4.79 Å². The number of aliphatic hydroxyl groups excluding tert-OH is 1. The summed E-state index contributed by atoms with van der Waals surface area (Å²) in [6.45, 7) is 13.3. The van der Waals surface area contributed by atoms with Gasteiger partial charge in [-0.15, -0.1) is 0 Å². The molecule has 0 amide bonds. The molecular weight excluding hydrogens is 276 g/mol. The first-order valence-electron chi connectivity index (χ1n) is 6.95. The second-order valence-electron chi connectivity index (χ2n) is 6.14. The van der Waals surface area contributed by atoms with Gasteiger partial charge >= 0.3 is 5.97 Å². The molecule has 0 bridgehead atoms. The number of hydrogen-bond acceptors (Lipinski definition) is 6. The van der Waals surface area contributed by atoms with Crippen LogP contribution in [0.4, 0.5) is 0 Å². The van der Waals surface area contributed by atoms with Gasteiger partial charge in [0.25, 0.3) is 0 Å². The highest BCUT2D eigenvalue weighted by molar-refractivity contribution is 5.74. The maximum Gasteiger partial charge on any atom is 0.337 e. The molecule has 1 aliphatic heterocycles. The highest BCUT2D eigenvalue weighted by atomic mass is 16.7. The number of rotatable bonds is 6. The van der Waals surface area contributed by atoms with E-state index < -0.39 is 29.6 Å². The van der Waals surface area contributed by atoms with Crippen LogP contribution in [0.25, 0.3) is 0 Å². The molecule has 6 heteroatoms. The minimum Gasteiger partial charge on any atom is -0.467 e. The fourth-order valence-corrected chi connectivity index (χ4v) is 2.16. The topological polar surface area (TPSA) is 74.2 Å². The van der Waals surface area contributed by atoms with E-state index in [2.05, 4.69) is 11.3 Å². The normalized spacial score (nSPS) is 24.4. The van der Waals surface area contributed by atoms with Crippen molar-refractivity contribution in [3.8, 4) is 0 Å². The van der Waals surface area contributed by atoms with Crippen LogP contribution in [0.15, 0.2) is 12.2 Å². The van der Waals surface area contributed by atoms with Crippen LogP contribution < -0.4 is 0 Å². The molecule has 0 saturated carbocycles. The van der Waals surface area contributed by atoms with E-state index in [1.807, 2.05) is 27.7 Å². The number of carbonyl (C=O) groups is 1. The van der Waals surface area contributed by atoms with Gasteiger partial charge < -0.3 is 24.1 Å². The summed E-state index contributed by atoms with van der Waals surface area (Å²) in [6, 6.07) is 0. The Morgan fingerprint density at radius 1 is 1.48 bits per heavy atom. The number of carbonyl (C=O) groups excluding carboxylic acids is 1. The standard InChI is InChI=1S/C15H26O6/c1-9(11-8-19-15(5,6)21-11)14(3,4)20-10(2)12(16)13(17)18-7/h10-12,16H,1,8H2,2-7H3/t10-,11+,12+/m0/s1. The third-order valence-corrected chi connectivity index (χ3v) is 3.54. The molecule has 1 rings (SSSR count). The predicted octanol–water partition coefficient (Wildman–Crippen LogP) is 1.41. The summed E-state index contributed by atoms with van der Waals surface area (Å²) in [5.74, 6) is -1.38. The first-order chi connectivity index (χ1) is 9.50. The maximum atomic E-state index is 11.3. The summed E-state index contributed by atoms with van der Waals surface area (Å²) in [5.41, 5.74) is -0.0972. The fourth-order valence-electron chi connectivity index (χ4n) is 2.16. The van der Waals surface area contributed by atoms with Crippen molar-refractivity contribution in [3.05, 3.63) is 12.2 Å². The zero-order valence-electron chi connectivity index (χ0n) is 13.6. The summed E-state index contributed by atoms with van der Waals surface area (Å²) >= 11 is 0. The summed E-state index contributed by atoms with van der Waals surface area (Å²) in [6.07, 6.45) is -2.38. The van der Waals surface area contributed by atoms with E-state index in [1.165, 1.54) is 7.11 Å². The SMILES string of the molecule is C=C([C@H]1COC(C)(C)O1)C(C)(C)O[C@@H](C)[C@@H](O)C(=O)OC. The highest BCUT2D eigenvalue weighted by Crippen LogP contribution is 2.33. The molecule has 0 aromatic rings. The average molecular weight is 302 g/mol. The van der Waals surface area contributed by atoms with E-state index >= 15 is 0 Å². The lowest BCUT2D eigenvalue weighted by atomic mass is 9.94. The molecule has 21 heavy (non-hydrogen) atoms. The summed E-state index contributed by atoms with van der Waals surface area (Å²) in [5, 5.41) is 9.79. The lowest BCUT2D eigenvalue weighted by Crippen LogP contribution is -2.43. The Kier molecular flexibility index (Phi) is 5.55. The molecule has 1 saturated heterocycles. The smallest absolute Gasteiger partial charge is 0.337 e. The van der Waals surface area contributed by atoms with Crippen molar-refractivity contribution in [2.45, 2.75) is 64.3 Å². The van der Waals surface area contributed by atoms with Gasteiger partial charge in [-0.3, -0.25) is 0 Å². The van der Waals surface area contributed by atoms with Crippen LogP contribution in [-0.4, -0.2) is 54.5 Å². The molecule has 0 aromatic carbocycles. The van der Waals surface area contributed by atoms with Gasteiger partial charge in [-0.05, 0) is 40.2 Å². The minimum absolute atomic E-state index is 0.294. The van der Waals surface area contributed by atoms with Crippen molar-refractivity contribution in [1.29, 1.82) is 0 Å². The van der Waals surface area contributed by atoms with Crippen LogP contribution >= 0.6 is 0 Å². The van der Waals surface area contributed by atoms with Crippen LogP contribution in [0.3, 0.4) is 0 Å². The molecule has 1 fully saturated rings. The third kappa shape index (κ3) is 4.51. The van der Waals surface area contributed by atoms with E-state index in [9.17, 15) is 9.90 Å². The Morgan fingerprint density at radius 3 is 2.48 bits per heavy atom. The molecule has 3 atom stereocenters. The summed E-state index contributed by atoms with van der Waals surface area (Å²) in [7, 11) is 1.22. The molecular formula is C15H26O6. The van der Waals surface area contributed by atoms with E-state index in [4.69, 9.17) is 14.2 Å². The molecule has 0 spiro atoms. The number of methoxy groups -OCH3 is 1. The predicted molar refractivity (Wildman–Crippen MR) is 76.7 cm³/mol. The van der Waals surface area contributed by atoms with E-state index in [-0.39, 0.29) is 6.10 Å². The molecule has 0 aromatic heterocycles. The Hall–Kier alpha value is -0.950. The Balaban J connectivity index is 2.68.